The minimum absolute atomic E-state index is 0.0376. The second-order valence-electron chi connectivity index (χ2n) is 4.77. The van der Waals surface area contributed by atoms with Crippen LogP contribution in [0, 0.1) is 0 Å². The molecule has 112 valence electrons. The molecule has 1 unspecified atom stereocenters. The Morgan fingerprint density at radius 1 is 1.40 bits per heavy atom. The predicted octanol–water partition coefficient (Wildman–Crippen LogP) is 0.698. The van der Waals surface area contributed by atoms with Crippen molar-refractivity contribution < 1.29 is 17.9 Å². The predicted molar refractivity (Wildman–Crippen MR) is 77.1 cm³/mol. The highest BCUT2D eigenvalue weighted by atomic mass is 32.2. The number of rotatable bonds is 5. The molecule has 1 aromatic carbocycles. The first-order valence-corrected chi connectivity index (χ1v) is 8.16. The highest BCUT2D eigenvalue weighted by Crippen LogP contribution is 2.14. The van der Waals surface area contributed by atoms with Crippen LogP contribution >= 0.6 is 0 Å². The molecule has 0 amide bonds. The second-order valence-corrected chi connectivity index (χ2v) is 6.86. The Hall–Kier alpha value is -1.31. The Bertz CT molecular complexity index is 530. The van der Waals surface area contributed by atoms with Crippen LogP contribution in [-0.2, 0) is 14.8 Å². The molecule has 7 heteroatoms. The van der Waals surface area contributed by atoms with Crippen molar-refractivity contribution in [1.29, 1.82) is 0 Å². The van der Waals surface area contributed by atoms with Gasteiger partial charge in [0, 0.05) is 18.8 Å². The average Bonchev–Trinajstić information content (AvgIpc) is 2.41. The fraction of sp³-hybridized carbons (Fsp3) is 0.538. The van der Waals surface area contributed by atoms with Gasteiger partial charge < -0.3 is 15.2 Å². The van der Waals surface area contributed by atoms with Gasteiger partial charge in [-0.05, 0) is 31.2 Å². The van der Waals surface area contributed by atoms with E-state index in [1.807, 2.05) is 6.92 Å². The number of morpholine rings is 1. The molecule has 2 rings (SSSR count). The fourth-order valence-corrected chi connectivity index (χ4v) is 3.34. The van der Waals surface area contributed by atoms with Gasteiger partial charge in [-0.2, -0.15) is 4.31 Å². The van der Waals surface area contributed by atoms with E-state index in [-0.39, 0.29) is 18.5 Å². The molecule has 1 atom stereocenters. The number of hydrogen-bond acceptors (Lipinski definition) is 5. The van der Waals surface area contributed by atoms with E-state index >= 15 is 0 Å². The maximum absolute atomic E-state index is 12.1. The third-order valence-corrected chi connectivity index (χ3v) is 4.89. The molecule has 0 bridgehead atoms. The van der Waals surface area contributed by atoms with E-state index < -0.39 is 10.0 Å². The summed E-state index contributed by atoms with van der Waals surface area (Å²) < 4.78 is 36.5. The number of ether oxygens (including phenoxy) is 2. The van der Waals surface area contributed by atoms with Crippen molar-refractivity contribution in [2.24, 2.45) is 0 Å². The van der Waals surface area contributed by atoms with Gasteiger partial charge in [0.15, 0.2) is 0 Å². The van der Waals surface area contributed by atoms with Crippen molar-refractivity contribution in [3.63, 3.8) is 0 Å². The highest BCUT2D eigenvalue weighted by molar-refractivity contribution is 7.89. The summed E-state index contributed by atoms with van der Waals surface area (Å²) >= 11 is 0. The van der Waals surface area contributed by atoms with E-state index in [1.54, 1.807) is 24.3 Å². The summed E-state index contributed by atoms with van der Waals surface area (Å²) in [7, 11) is -3.29. The van der Waals surface area contributed by atoms with Crippen molar-refractivity contribution in [3.8, 4) is 5.75 Å². The number of anilines is 1. The summed E-state index contributed by atoms with van der Waals surface area (Å²) in [4.78, 5) is 0. The monoisotopic (exact) mass is 300 g/mol. The lowest BCUT2D eigenvalue weighted by Crippen LogP contribution is -2.45. The van der Waals surface area contributed by atoms with Crippen LogP contribution in [0.1, 0.15) is 6.92 Å². The number of benzene rings is 1. The number of nitrogens with two attached hydrogens (primary N) is 1. The molecule has 20 heavy (non-hydrogen) atoms. The van der Waals surface area contributed by atoms with Crippen LogP contribution in [0.25, 0.3) is 0 Å². The van der Waals surface area contributed by atoms with Crippen molar-refractivity contribution in [3.05, 3.63) is 24.3 Å². The Labute approximate surface area is 119 Å². The lowest BCUT2D eigenvalue weighted by Gasteiger charge is -2.30. The van der Waals surface area contributed by atoms with Gasteiger partial charge in [-0.1, -0.05) is 0 Å². The molecule has 1 saturated heterocycles. The van der Waals surface area contributed by atoms with Gasteiger partial charge in [-0.15, -0.1) is 0 Å². The minimum Gasteiger partial charge on any atom is -0.492 e. The summed E-state index contributed by atoms with van der Waals surface area (Å²) in [5, 5.41) is 0. The summed E-state index contributed by atoms with van der Waals surface area (Å²) in [6.07, 6.45) is -0.0588. The Morgan fingerprint density at radius 2 is 2.10 bits per heavy atom. The molecule has 0 aromatic heterocycles. The lowest BCUT2D eigenvalue weighted by molar-refractivity contribution is 0.0101. The molecule has 1 aliphatic heterocycles. The van der Waals surface area contributed by atoms with Crippen molar-refractivity contribution in [2.45, 2.75) is 13.0 Å². The molecule has 0 aliphatic carbocycles. The standard InChI is InChI=1S/C13H20N2O4S/c1-11-10-15(6-7-18-11)20(16,17)9-8-19-13-4-2-12(14)3-5-13/h2-5,11H,6-10,14H2,1H3. The maximum Gasteiger partial charge on any atom is 0.217 e. The molecule has 0 radical (unpaired) electrons. The molecule has 0 saturated carbocycles. The van der Waals surface area contributed by atoms with Gasteiger partial charge in [0.2, 0.25) is 10.0 Å². The van der Waals surface area contributed by atoms with Gasteiger partial charge in [0.25, 0.3) is 0 Å². The van der Waals surface area contributed by atoms with Crippen LogP contribution in [0.5, 0.6) is 5.75 Å². The van der Waals surface area contributed by atoms with E-state index in [0.29, 0.717) is 31.1 Å². The topological polar surface area (TPSA) is 81.9 Å². The SMILES string of the molecule is CC1CN(S(=O)(=O)CCOc2ccc(N)cc2)CCO1. The van der Waals surface area contributed by atoms with Gasteiger partial charge in [0.05, 0.1) is 18.5 Å². The van der Waals surface area contributed by atoms with Crippen molar-refractivity contribution in [2.75, 3.05) is 37.8 Å². The number of sulfonamides is 1. The van der Waals surface area contributed by atoms with E-state index in [9.17, 15) is 8.42 Å². The zero-order valence-electron chi connectivity index (χ0n) is 11.5. The third kappa shape index (κ3) is 4.09. The van der Waals surface area contributed by atoms with Crippen LogP contribution in [0.3, 0.4) is 0 Å². The molecule has 2 N–H and O–H groups in total. The number of hydrogen-bond donors (Lipinski definition) is 1. The van der Waals surface area contributed by atoms with Crippen LogP contribution in [0.2, 0.25) is 0 Å². The summed E-state index contributed by atoms with van der Waals surface area (Å²) in [6, 6.07) is 6.87. The zero-order valence-corrected chi connectivity index (χ0v) is 12.3. The van der Waals surface area contributed by atoms with Crippen LogP contribution in [-0.4, -0.2) is 50.9 Å². The lowest BCUT2D eigenvalue weighted by atomic mass is 10.3. The Morgan fingerprint density at radius 3 is 2.75 bits per heavy atom. The number of nitrogens with zero attached hydrogens (tertiary/aromatic N) is 1. The number of nitrogen functional groups attached to an aromatic ring is 1. The van der Waals surface area contributed by atoms with Crippen molar-refractivity contribution >= 4 is 15.7 Å². The molecule has 1 aromatic rings. The fourth-order valence-electron chi connectivity index (χ4n) is 2.00. The zero-order chi connectivity index (χ0) is 14.6. The quantitative estimate of drug-likeness (QED) is 0.809. The maximum atomic E-state index is 12.1. The molecule has 1 aliphatic rings. The highest BCUT2D eigenvalue weighted by Gasteiger charge is 2.27. The minimum atomic E-state index is -3.29. The van der Waals surface area contributed by atoms with Crippen LogP contribution in [0.15, 0.2) is 24.3 Å². The van der Waals surface area contributed by atoms with Gasteiger partial charge in [-0.25, -0.2) is 8.42 Å². The van der Waals surface area contributed by atoms with E-state index in [2.05, 4.69) is 0 Å². The first kappa shape index (κ1) is 15.1. The Balaban J connectivity index is 1.84. The summed E-state index contributed by atoms with van der Waals surface area (Å²) in [6.45, 7) is 3.25. The smallest absolute Gasteiger partial charge is 0.217 e. The summed E-state index contributed by atoms with van der Waals surface area (Å²) in [5.41, 5.74) is 6.21. The molecule has 6 nitrogen and oxygen atoms in total. The first-order chi connectivity index (χ1) is 9.47. The van der Waals surface area contributed by atoms with Crippen LogP contribution in [0.4, 0.5) is 5.69 Å². The van der Waals surface area contributed by atoms with E-state index in [0.717, 1.165) is 0 Å². The molecular weight excluding hydrogens is 280 g/mol. The van der Waals surface area contributed by atoms with Crippen LogP contribution < -0.4 is 10.5 Å². The molecule has 1 heterocycles. The normalized spacial score (nSPS) is 20.8. The third-order valence-electron chi connectivity index (χ3n) is 3.09. The molecule has 0 spiro atoms. The largest absolute Gasteiger partial charge is 0.492 e. The van der Waals surface area contributed by atoms with E-state index in [1.165, 1.54) is 4.31 Å². The van der Waals surface area contributed by atoms with Gasteiger partial charge in [-0.3, -0.25) is 0 Å². The molecule has 1 fully saturated rings. The van der Waals surface area contributed by atoms with E-state index in [4.69, 9.17) is 15.2 Å². The second kappa shape index (κ2) is 6.43. The first-order valence-electron chi connectivity index (χ1n) is 6.55. The summed E-state index contributed by atoms with van der Waals surface area (Å²) in [5.74, 6) is 0.578. The van der Waals surface area contributed by atoms with Gasteiger partial charge in [0.1, 0.15) is 12.4 Å². The molecular formula is C13H20N2O4S. The van der Waals surface area contributed by atoms with Crippen molar-refractivity contribution in [1.82, 2.24) is 4.31 Å². The Kier molecular flexibility index (Phi) is 4.85. The average molecular weight is 300 g/mol. The van der Waals surface area contributed by atoms with Gasteiger partial charge >= 0.3 is 0 Å².